The number of unbranched alkanes of at least 4 members (excludes halogenated alkanes) is 10. The average molecular weight is 465 g/mol. The van der Waals surface area contributed by atoms with Crippen LogP contribution in [0.2, 0.25) is 0 Å². The van der Waals surface area contributed by atoms with Gasteiger partial charge in [0.05, 0.1) is 6.61 Å². The molecule has 0 atom stereocenters. The Balaban J connectivity index is 1.23. The number of nitrogens with zero attached hydrogens (tertiary/aromatic N) is 2. The summed E-state index contributed by atoms with van der Waals surface area (Å²) in [6, 6.07) is 8.24. The van der Waals surface area contributed by atoms with Crippen LogP contribution in [-0.2, 0) is 6.42 Å². The van der Waals surface area contributed by atoms with Crippen molar-refractivity contribution in [2.45, 2.75) is 122 Å². The Morgan fingerprint density at radius 2 is 1.35 bits per heavy atom. The van der Waals surface area contributed by atoms with Crippen molar-refractivity contribution in [3.8, 4) is 17.1 Å². The summed E-state index contributed by atoms with van der Waals surface area (Å²) in [5.41, 5.74) is 2.30. The Morgan fingerprint density at radius 3 is 2.06 bits per heavy atom. The summed E-state index contributed by atoms with van der Waals surface area (Å²) in [7, 11) is 0. The highest BCUT2D eigenvalue weighted by Crippen LogP contribution is 2.29. The molecule has 0 aliphatic heterocycles. The molecule has 1 aliphatic carbocycles. The van der Waals surface area contributed by atoms with E-state index in [1.54, 1.807) is 0 Å². The molecule has 0 unspecified atom stereocenters. The first-order valence-corrected chi connectivity index (χ1v) is 14.4. The molecule has 1 heterocycles. The minimum Gasteiger partial charge on any atom is -0.494 e. The van der Waals surface area contributed by atoms with E-state index in [4.69, 9.17) is 4.74 Å². The number of hydrogen-bond acceptors (Lipinski definition) is 3. The fourth-order valence-corrected chi connectivity index (χ4v) is 5.17. The van der Waals surface area contributed by atoms with Crippen LogP contribution in [0.15, 0.2) is 36.7 Å². The van der Waals surface area contributed by atoms with Gasteiger partial charge in [-0.05, 0) is 55.0 Å². The maximum Gasteiger partial charge on any atom is 0.159 e. The fourth-order valence-electron chi connectivity index (χ4n) is 5.17. The van der Waals surface area contributed by atoms with E-state index < -0.39 is 0 Å². The van der Waals surface area contributed by atoms with Crippen molar-refractivity contribution in [3.63, 3.8) is 0 Å². The molecule has 0 bridgehead atoms. The van der Waals surface area contributed by atoms with E-state index in [-0.39, 0.29) is 0 Å². The molecule has 188 valence electrons. The number of rotatable bonds is 18. The van der Waals surface area contributed by atoms with Gasteiger partial charge in [0.15, 0.2) is 5.82 Å². The lowest BCUT2D eigenvalue weighted by atomic mass is 9.99. The smallest absolute Gasteiger partial charge is 0.159 e. The molecule has 1 fully saturated rings. The lowest BCUT2D eigenvalue weighted by Gasteiger charge is -2.09. The highest BCUT2D eigenvalue weighted by atomic mass is 16.5. The molecule has 3 nitrogen and oxygen atoms in total. The third-order valence-corrected chi connectivity index (χ3v) is 7.39. The van der Waals surface area contributed by atoms with Crippen LogP contribution in [0.1, 0.15) is 122 Å². The second kappa shape index (κ2) is 16.7. The van der Waals surface area contributed by atoms with Crippen LogP contribution in [0.4, 0.5) is 0 Å². The van der Waals surface area contributed by atoms with Crippen molar-refractivity contribution < 1.29 is 4.74 Å². The lowest BCUT2D eigenvalue weighted by Crippen LogP contribution is -1.98. The maximum atomic E-state index is 5.95. The van der Waals surface area contributed by atoms with Gasteiger partial charge >= 0.3 is 0 Å². The summed E-state index contributed by atoms with van der Waals surface area (Å²) in [4.78, 5) is 9.19. The summed E-state index contributed by atoms with van der Waals surface area (Å²) < 4.78 is 5.95. The standard InChI is InChI=1S/C31H48N2O/c1-2-3-4-5-8-12-19-28-25-32-31(33-26-28)29-20-22-30(23-21-29)34-24-15-10-7-6-9-11-16-27-17-13-14-18-27/h20-23,25-27H,2-19,24H2,1H3. The van der Waals surface area contributed by atoms with Gasteiger partial charge < -0.3 is 4.74 Å². The number of ether oxygens (including phenoxy) is 1. The van der Waals surface area contributed by atoms with Gasteiger partial charge in [-0.2, -0.15) is 0 Å². The molecule has 2 aromatic rings. The van der Waals surface area contributed by atoms with E-state index in [0.29, 0.717) is 0 Å². The van der Waals surface area contributed by atoms with Gasteiger partial charge in [0.25, 0.3) is 0 Å². The molecule has 0 spiro atoms. The molecule has 0 saturated heterocycles. The van der Waals surface area contributed by atoms with Gasteiger partial charge in [0, 0.05) is 18.0 Å². The normalized spacial score (nSPS) is 14.0. The summed E-state index contributed by atoms with van der Waals surface area (Å²) in [5.74, 6) is 2.80. The summed E-state index contributed by atoms with van der Waals surface area (Å²) >= 11 is 0. The zero-order valence-electron chi connectivity index (χ0n) is 21.8. The van der Waals surface area contributed by atoms with E-state index in [0.717, 1.165) is 42.5 Å². The Kier molecular flexibility index (Phi) is 13.1. The predicted octanol–water partition coefficient (Wildman–Crippen LogP) is 9.35. The van der Waals surface area contributed by atoms with Crippen molar-refractivity contribution in [2.75, 3.05) is 6.61 Å². The number of aromatic nitrogens is 2. The van der Waals surface area contributed by atoms with Crippen LogP contribution in [0.3, 0.4) is 0 Å². The van der Waals surface area contributed by atoms with Crippen LogP contribution in [0, 0.1) is 5.92 Å². The highest BCUT2D eigenvalue weighted by molar-refractivity contribution is 5.55. The Morgan fingerprint density at radius 1 is 0.735 bits per heavy atom. The van der Waals surface area contributed by atoms with Crippen molar-refractivity contribution >= 4 is 0 Å². The third-order valence-electron chi connectivity index (χ3n) is 7.39. The van der Waals surface area contributed by atoms with Crippen LogP contribution in [0.5, 0.6) is 5.75 Å². The zero-order valence-corrected chi connectivity index (χ0v) is 21.8. The number of hydrogen-bond donors (Lipinski definition) is 0. The molecule has 1 aromatic heterocycles. The first-order valence-electron chi connectivity index (χ1n) is 14.4. The summed E-state index contributed by atoms with van der Waals surface area (Å²) in [6.45, 7) is 3.07. The van der Waals surface area contributed by atoms with Crippen LogP contribution in [-0.4, -0.2) is 16.6 Å². The Labute approximate surface area is 209 Å². The van der Waals surface area contributed by atoms with Crippen molar-refractivity contribution in [2.24, 2.45) is 5.92 Å². The third kappa shape index (κ3) is 10.6. The molecule has 0 amide bonds. The van der Waals surface area contributed by atoms with Crippen molar-refractivity contribution in [1.82, 2.24) is 9.97 Å². The van der Waals surface area contributed by atoms with Crippen LogP contribution >= 0.6 is 0 Å². The molecular weight excluding hydrogens is 416 g/mol. The predicted molar refractivity (Wildman–Crippen MR) is 144 cm³/mol. The van der Waals surface area contributed by atoms with Gasteiger partial charge in [-0.1, -0.05) is 103 Å². The maximum absolute atomic E-state index is 5.95. The molecule has 0 radical (unpaired) electrons. The first kappa shape index (κ1) is 26.7. The molecule has 1 aromatic carbocycles. The van der Waals surface area contributed by atoms with E-state index in [1.807, 2.05) is 24.5 Å². The topological polar surface area (TPSA) is 35.0 Å². The molecular formula is C31H48N2O. The lowest BCUT2D eigenvalue weighted by molar-refractivity contribution is 0.304. The summed E-state index contributed by atoms with van der Waals surface area (Å²) in [5, 5.41) is 0. The van der Waals surface area contributed by atoms with Gasteiger partial charge in [-0.25, -0.2) is 9.97 Å². The van der Waals surface area contributed by atoms with E-state index in [9.17, 15) is 0 Å². The van der Waals surface area contributed by atoms with Gasteiger partial charge in [-0.15, -0.1) is 0 Å². The highest BCUT2D eigenvalue weighted by Gasteiger charge is 2.13. The van der Waals surface area contributed by atoms with Gasteiger partial charge in [0.1, 0.15) is 5.75 Å². The molecule has 3 heteroatoms. The first-order chi connectivity index (χ1) is 16.8. The van der Waals surface area contributed by atoms with E-state index in [1.165, 1.54) is 108 Å². The SMILES string of the molecule is CCCCCCCCc1cnc(-c2ccc(OCCCCCCCCC3CCCC3)cc2)nc1. The van der Waals surface area contributed by atoms with Gasteiger partial charge in [-0.3, -0.25) is 0 Å². The second-order valence-electron chi connectivity index (χ2n) is 10.4. The van der Waals surface area contributed by atoms with E-state index >= 15 is 0 Å². The molecule has 3 rings (SSSR count). The zero-order chi connectivity index (χ0) is 23.7. The van der Waals surface area contributed by atoms with Gasteiger partial charge in [0.2, 0.25) is 0 Å². The van der Waals surface area contributed by atoms with Crippen LogP contribution < -0.4 is 4.74 Å². The summed E-state index contributed by atoms with van der Waals surface area (Å²) in [6.07, 6.45) is 28.5. The molecule has 34 heavy (non-hydrogen) atoms. The minimum absolute atomic E-state index is 0.797. The average Bonchev–Trinajstić information content (AvgIpc) is 3.39. The van der Waals surface area contributed by atoms with E-state index in [2.05, 4.69) is 29.0 Å². The quantitative estimate of drug-likeness (QED) is 0.206. The molecule has 0 N–H and O–H groups in total. The Hall–Kier alpha value is -1.90. The number of benzene rings is 1. The minimum atomic E-state index is 0.797. The Bertz CT molecular complexity index is 750. The largest absolute Gasteiger partial charge is 0.494 e. The number of aryl methyl sites for hydroxylation is 1. The fraction of sp³-hybridized carbons (Fsp3) is 0.677. The van der Waals surface area contributed by atoms with Crippen molar-refractivity contribution in [3.05, 3.63) is 42.2 Å². The molecule has 1 saturated carbocycles. The van der Waals surface area contributed by atoms with Crippen molar-refractivity contribution in [1.29, 1.82) is 0 Å². The van der Waals surface area contributed by atoms with Crippen LogP contribution in [0.25, 0.3) is 11.4 Å². The monoisotopic (exact) mass is 464 g/mol. The molecule has 1 aliphatic rings. The second-order valence-corrected chi connectivity index (χ2v) is 10.4.